The number of ketones is 1. The Morgan fingerprint density at radius 3 is 2.82 bits per heavy atom. The molecule has 0 aromatic rings. The number of carbonyl (C=O) groups is 2. The second-order valence-electron chi connectivity index (χ2n) is 4.53. The molecule has 96 valence electrons. The van der Waals surface area contributed by atoms with Gasteiger partial charge in [-0.1, -0.05) is 32.3 Å². The summed E-state index contributed by atoms with van der Waals surface area (Å²) in [5.74, 6) is -0.852. The molecular formula is C14H22O3. The average Bonchev–Trinajstić information content (AvgIpc) is 2.29. The molecule has 3 nitrogen and oxygen atoms in total. The molecule has 17 heavy (non-hydrogen) atoms. The molecule has 0 fully saturated rings. The topological polar surface area (TPSA) is 43.4 Å². The molecule has 0 spiro atoms. The monoisotopic (exact) mass is 238 g/mol. The van der Waals surface area contributed by atoms with Crippen LogP contribution in [-0.2, 0) is 14.3 Å². The zero-order valence-corrected chi connectivity index (χ0v) is 10.8. The van der Waals surface area contributed by atoms with Gasteiger partial charge in [-0.15, -0.1) is 0 Å². The van der Waals surface area contributed by atoms with E-state index in [0.717, 1.165) is 32.1 Å². The molecule has 0 heterocycles. The normalized spacial score (nSPS) is 23.8. The van der Waals surface area contributed by atoms with Gasteiger partial charge in [0.2, 0.25) is 0 Å². The van der Waals surface area contributed by atoms with Gasteiger partial charge in [0.05, 0.1) is 6.61 Å². The first-order valence-electron chi connectivity index (χ1n) is 6.57. The minimum Gasteiger partial charge on any atom is -0.465 e. The van der Waals surface area contributed by atoms with E-state index in [0.29, 0.717) is 6.61 Å². The van der Waals surface area contributed by atoms with E-state index >= 15 is 0 Å². The summed E-state index contributed by atoms with van der Waals surface area (Å²) >= 11 is 0. The second kappa shape index (κ2) is 7.25. The molecule has 0 amide bonds. The molecule has 0 N–H and O–H groups in total. The van der Waals surface area contributed by atoms with Crippen LogP contribution in [-0.4, -0.2) is 18.4 Å². The number of carbonyl (C=O) groups excluding carboxylic acids is 2. The van der Waals surface area contributed by atoms with E-state index in [1.807, 2.05) is 6.08 Å². The summed E-state index contributed by atoms with van der Waals surface area (Å²) in [6.07, 6.45) is 8.56. The van der Waals surface area contributed by atoms with Crippen LogP contribution in [0.3, 0.4) is 0 Å². The number of rotatable bonds is 6. The highest BCUT2D eigenvalue weighted by atomic mass is 16.5. The maximum Gasteiger partial charge on any atom is 0.317 e. The van der Waals surface area contributed by atoms with E-state index < -0.39 is 5.92 Å². The third kappa shape index (κ3) is 3.99. The minimum atomic E-state index is -0.559. The van der Waals surface area contributed by atoms with Crippen LogP contribution in [0, 0.1) is 11.8 Å². The lowest BCUT2D eigenvalue weighted by atomic mass is 9.79. The van der Waals surface area contributed by atoms with Gasteiger partial charge in [0, 0.05) is 0 Å². The van der Waals surface area contributed by atoms with Gasteiger partial charge in [-0.3, -0.25) is 9.59 Å². The van der Waals surface area contributed by atoms with Crippen LogP contribution in [0.2, 0.25) is 0 Å². The summed E-state index contributed by atoms with van der Waals surface area (Å²) in [4.78, 5) is 23.5. The molecule has 2 unspecified atom stereocenters. The Bertz CT molecular complexity index is 294. The van der Waals surface area contributed by atoms with Gasteiger partial charge in [-0.05, 0) is 31.8 Å². The van der Waals surface area contributed by atoms with Crippen molar-refractivity contribution in [2.45, 2.75) is 46.0 Å². The standard InChI is InChI=1S/C14H22O3/c1-3-5-6-8-11-9-7-10-12(15)13(11)14(16)17-4-2/h7,10-11,13H,3-6,8-9H2,1-2H3. The van der Waals surface area contributed by atoms with Crippen molar-refractivity contribution in [3.05, 3.63) is 12.2 Å². The first-order chi connectivity index (χ1) is 8.20. The first-order valence-corrected chi connectivity index (χ1v) is 6.57. The Morgan fingerprint density at radius 2 is 2.18 bits per heavy atom. The predicted octanol–water partition coefficient (Wildman–Crippen LogP) is 2.89. The highest BCUT2D eigenvalue weighted by Gasteiger charge is 2.35. The molecule has 1 aliphatic rings. The van der Waals surface area contributed by atoms with Crippen molar-refractivity contribution in [3.63, 3.8) is 0 Å². The highest BCUT2D eigenvalue weighted by molar-refractivity contribution is 6.05. The fourth-order valence-corrected chi connectivity index (χ4v) is 2.31. The van der Waals surface area contributed by atoms with E-state index in [-0.39, 0.29) is 17.7 Å². The summed E-state index contributed by atoms with van der Waals surface area (Å²) < 4.78 is 4.99. The number of hydrogen-bond donors (Lipinski definition) is 0. The third-order valence-corrected chi connectivity index (χ3v) is 3.22. The summed E-state index contributed by atoms with van der Waals surface area (Å²) in [6, 6.07) is 0. The van der Waals surface area contributed by atoms with Gasteiger partial charge in [0.1, 0.15) is 5.92 Å². The third-order valence-electron chi connectivity index (χ3n) is 3.22. The predicted molar refractivity (Wildman–Crippen MR) is 66.5 cm³/mol. The van der Waals surface area contributed by atoms with Crippen molar-refractivity contribution >= 4 is 11.8 Å². The van der Waals surface area contributed by atoms with Crippen molar-refractivity contribution in [3.8, 4) is 0 Å². The first kappa shape index (κ1) is 13.9. The fraction of sp³-hybridized carbons (Fsp3) is 0.714. The zero-order chi connectivity index (χ0) is 12.7. The van der Waals surface area contributed by atoms with Gasteiger partial charge >= 0.3 is 5.97 Å². The number of unbranched alkanes of at least 4 members (excludes halogenated alkanes) is 2. The second-order valence-corrected chi connectivity index (χ2v) is 4.53. The van der Waals surface area contributed by atoms with Crippen LogP contribution in [0.25, 0.3) is 0 Å². The van der Waals surface area contributed by atoms with E-state index in [4.69, 9.17) is 4.74 Å². The molecule has 0 aromatic heterocycles. The maximum absolute atomic E-state index is 11.8. The largest absolute Gasteiger partial charge is 0.465 e. The molecule has 2 atom stereocenters. The Labute approximate surface area is 103 Å². The van der Waals surface area contributed by atoms with Gasteiger partial charge < -0.3 is 4.74 Å². The van der Waals surface area contributed by atoms with Crippen molar-refractivity contribution in [1.29, 1.82) is 0 Å². The molecule has 0 bridgehead atoms. The summed E-state index contributed by atoms with van der Waals surface area (Å²) in [7, 11) is 0. The van der Waals surface area contributed by atoms with Crippen LogP contribution in [0.4, 0.5) is 0 Å². The molecule has 0 aromatic carbocycles. The summed E-state index contributed by atoms with van der Waals surface area (Å²) in [5.41, 5.74) is 0. The lowest BCUT2D eigenvalue weighted by Crippen LogP contribution is -2.34. The molecule has 1 rings (SSSR count). The average molecular weight is 238 g/mol. The molecule has 0 radical (unpaired) electrons. The van der Waals surface area contributed by atoms with E-state index in [2.05, 4.69) is 6.92 Å². The smallest absolute Gasteiger partial charge is 0.317 e. The minimum absolute atomic E-state index is 0.0869. The lowest BCUT2D eigenvalue weighted by molar-refractivity contribution is -0.153. The van der Waals surface area contributed by atoms with Crippen LogP contribution >= 0.6 is 0 Å². The van der Waals surface area contributed by atoms with Gasteiger partial charge in [0.25, 0.3) is 0 Å². The molecule has 0 saturated carbocycles. The molecule has 3 heteroatoms. The Balaban J connectivity index is 2.62. The van der Waals surface area contributed by atoms with Crippen molar-refractivity contribution in [2.24, 2.45) is 11.8 Å². The van der Waals surface area contributed by atoms with Gasteiger partial charge in [-0.2, -0.15) is 0 Å². The van der Waals surface area contributed by atoms with Crippen molar-refractivity contribution in [1.82, 2.24) is 0 Å². The van der Waals surface area contributed by atoms with E-state index in [1.165, 1.54) is 6.08 Å². The number of esters is 1. The van der Waals surface area contributed by atoms with Crippen LogP contribution in [0.1, 0.15) is 46.0 Å². The Kier molecular flexibility index (Phi) is 5.95. The maximum atomic E-state index is 11.8. The molecular weight excluding hydrogens is 216 g/mol. The van der Waals surface area contributed by atoms with Gasteiger partial charge in [0.15, 0.2) is 5.78 Å². The van der Waals surface area contributed by atoms with Crippen LogP contribution in [0.15, 0.2) is 12.2 Å². The van der Waals surface area contributed by atoms with Crippen LogP contribution < -0.4 is 0 Å². The van der Waals surface area contributed by atoms with E-state index in [1.54, 1.807) is 6.92 Å². The van der Waals surface area contributed by atoms with E-state index in [9.17, 15) is 9.59 Å². The molecule has 0 saturated heterocycles. The Morgan fingerprint density at radius 1 is 1.41 bits per heavy atom. The summed E-state index contributed by atoms with van der Waals surface area (Å²) in [5, 5.41) is 0. The lowest BCUT2D eigenvalue weighted by Gasteiger charge is -2.25. The van der Waals surface area contributed by atoms with Crippen molar-refractivity contribution in [2.75, 3.05) is 6.61 Å². The van der Waals surface area contributed by atoms with Crippen molar-refractivity contribution < 1.29 is 14.3 Å². The van der Waals surface area contributed by atoms with Gasteiger partial charge in [-0.25, -0.2) is 0 Å². The number of ether oxygens (including phenoxy) is 1. The Hall–Kier alpha value is -1.12. The molecule has 1 aliphatic carbocycles. The number of allylic oxidation sites excluding steroid dienone is 2. The SMILES string of the molecule is CCCCCC1CC=CC(=O)C1C(=O)OCC. The molecule has 0 aliphatic heterocycles. The highest BCUT2D eigenvalue weighted by Crippen LogP contribution is 2.29. The van der Waals surface area contributed by atoms with Crippen LogP contribution in [0.5, 0.6) is 0 Å². The fourth-order valence-electron chi connectivity index (χ4n) is 2.31. The number of hydrogen-bond acceptors (Lipinski definition) is 3. The quantitative estimate of drug-likeness (QED) is 0.406. The summed E-state index contributed by atoms with van der Waals surface area (Å²) in [6.45, 7) is 4.26. The zero-order valence-electron chi connectivity index (χ0n) is 10.8.